The molecule has 1 N–H and O–H groups in total. The Kier molecular flexibility index (Phi) is 5.35. The molecule has 5 nitrogen and oxygen atoms in total. The molecule has 0 radical (unpaired) electrons. The first-order valence-electron chi connectivity index (χ1n) is 5.84. The molecule has 0 aliphatic rings. The Morgan fingerprint density at radius 2 is 1.76 bits per heavy atom. The maximum Gasteiger partial charge on any atom is 0.416 e. The lowest BCUT2D eigenvalue weighted by molar-refractivity contribution is -0.138. The number of carbonyl (C=O) groups is 1. The Labute approximate surface area is 120 Å². The lowest BCUT2D eigenvalue weighted by Gasteiger charge is -2.17. The van der Waals surface area contributed by atoms with E-state index in [-0.39, 0.29) is 6.54 Å². The van der Waals surface area contributed by atoms with Crippen LogP contribution in [0.5, 0.6) is 0 Å². The van der Waals surface area contributed by atoms with Gasteiger partial charge in [-0.15, -0.1) is 0 Å². The van der Waals surface area contributed by atoms with Crippen LogP contribution in [-0.2, 0) is 27.5 Å². The summed E-state index contributed by atoms with van der Waals surface area (Å²) in [5.41, 5.74) is -0.438. The van der Waals surface area contributed by atoms with Gasteiger partial charge in [0.15, 0.2) is 0 Å². The molecule has 0 unspecified atom stereocenters. The van der Waals surface area contributed by atoms with Crippen LogP contribution < -0.4 is 0 Å². The molecule has 1 rings (SSSR count). The largest absolute Gasteiger partial charge is 0.481 e. The van der Waals surface area contributed by atoms with Crippen molar-refractivity contribution in [3.8, 4) is 0 Å². The molecule has 1 aromatic carbocycles. The fourth-order valence-corrected chi connectivity index (χ4v) is 2.62. The molecule has 1 aromatic rings. The molecule has 0 saturated heterocycles. The lowest BCUT2D eigenvalue weighted by atomic mass is 10.1. The van der Waals surface area contributed by atoms with Gasteiger partial charge in [0.2, 0.25) is 10.0 Å². The minimum Gasteiger partial charge on any atom is -0.481 e. The third kappa shape index (κ3) is 5.35. The number of hydrogen-bond acceptors (Lipinski definition) is 3. The van der Waals surface area contributed by atoms with E-state index in [9.17, 15) is 26.4 Å². The Bertz CT molecular complexity index is 596. The summed E-state index contributed by atoms with van der Waals surface area (Å²) >= 11 is 0. The highest BCUT2D eigenvalue weighted by Gasteiger charge is 2.30. The van der Waals surface area contributed by atoms with Gasteiger partial charge in [0.05, 0.1) is 17.7 Å². The highest BCUT2D eigenvalue weighted by Crippen LogP contribution is 2.29. The number of nitrogens with zero attached hydrogens (tertiary/aromatic N) is 1. The Hall–Kier alpha value is -1.61. The van der Waals surface area contributed by atoms with Gasteiger partial charge < -0.3 is 5.11 Å². The van der Waals surface area contributed by atoms with Crippen molar-refractivity contribution in [3.63, 3.8) is 0 Å². The van der Waals surface area contributed by atoms with Crippen LogP contribution in [0.4, 0.5) is 13.2 Å². The molecule has 0 spiro atoms. The molecule has 9 heteroatoms. The van der Waals surface area contributed by atoms with E-state index >= 15 is 0 Å². The van der Waals surface area contributed by atoms with Crippen molar-refractivity contribution in [1.29, 1.82) is 0 Å². The zero-order chi connectivity index (χ0) is 16.3. The zero-order valence-corrected chi connectivity index (χ0v) is 11.9. The van der Waals surface area contributed by atoms with Gasteiger partial charge in [-0.1, -0.05) is 12.1 Å². The van der Waals surface area contributed by atoms with Gasteiger partial charge >= 0.3 is 12.1 Å². The summed E-state index contributed by atoms with van der Waals surface area (Å²) in [6.45, 7) is -0.125. The number of aliphatic carboxylic acids is 1. The van der Waals surface area contributed by atoms with E-state index in [1.165, 1.54) is 19.2 Å². The molecule has 21 heavy (non-hydrogen) atoms. The number of halogens is 3. The quantitative estimate of drug-likeness (QED) is 0.867. The van der Waals surface area contributed by atoms with E-state index < -0.39 is 39.9 Å². The van der Waals surface area contributed by atoms with Gasteiger partial charge in [-0.25, -0.2) is 12.7 Å². The van der Waals surface area contributed by atoms with Crippen molar-refractivity contribution in [3.05, 3.63) is 35.4 Å². The third-order valence-electron chi connectivity index (χ3n) is 2.74. The molecule has 0 saturated carbocycles. The number of alkyl halides is 3. The second-order valence-corrected chi connectivity index (χ2v) is 6.61. The highest BCUT2D eigenvalue weighted by molar-refractivity contribution is 7.89. The van der Waals surface area contributed by atoms with Gasteiger partial charge in [-0.2, -0.15) is 13.2 Å². The van der Waals surface area contributed by atoms with Crippen LogP contribution >= 0.6 is 0 Å². The molecule has 0 aromatic heterocycles. The molecule has 0 bridgehead atoms. The van der Waals surface area contributed by atoms with Crippen LogP contribution in [0.3, 0.4) is 0 Å². The van der Waals surface area contributed by atoms with Crippen molar-refractivity contribution in [1.82, 2.24) is 4.31 Å². The normalized spacial score (nSPS) is 12.6. The number of rotatable bonds is 6. The van der Waals surface area contributed by atoms with E-state index in [1.54, 1.807) is 0 Å². The molecule has 0 fully saturated rings. The molecule has 0 heterocycles. The van der Waals surface area contributed by atoms with E-state index in [0.717, 1.165) is 16.4 Å². The first-order chi connectivity index (χ1) is 9.52. The molecule has 0 atom stereocenters. The monoisotopic (exact) mass is 325 g/mol. The maximum absolute atomic E-state index is 12.4. The summed E-state index contributed by atoms with van der Waals surface area (Å²) in [4.78, 5) is 10.4. The van der Waals surface area contributed by atoms with Crippen molar-refractivity contribution in [2.45, 2.75) is 19.1 Å². The number of sulfonamides is 1. The van der Waals surface area contributed by atoms with Gasteiger partial charge in [-0.3, -0.25) is 4.79 Å². The minimum absolute atomic E-state index is 0.125. The summed E-state index contributed by atoms with van der Waals surface area (Å²) in [5, 5.41) is 8.47. The van der Waals surface area contributed by atoms with Crippen molar-refractivity contribution >= 4 is 16.0 Å². The number of carboxylic acid groups (broad SMARTS) is 1. The fourth-order valence-electron chi connectivity index (χ4n) is 1.53. The number of carboxylic acids is 1. The third-order valence-corrected chi connectivity index (χ3v) is 4.53. The van der Waals surface area contributed by atoms with Crippen molar-refractivity contribution in [2.75, 3.05) is 12.8 Å². The first kappa shape index (κ1) is 17.4. The van der Waals surface area contributed by atoms with E-state index in [0.29, 0.717) is 5.56 Å². The molecule has 0 aliphatic carbocycles. The van der Waals surface area contributed by atoms with Crippen LogP contribution in [0.25, 0.3) is 0 Å². The highest BCUT2D eigenvalue weighted by atomic mass is 32.2. The smallest absolute Gasteiger partial charge is 0.416 e. The Morgan fingerprint density at radius 3 is 2.19 bits per heavy atom. The van der Waals surface area contributed by atoms with Crippen LogP contribution in [0.1, 0.15) is 17.5 Å². The summed E-state index contributed by atoms with van der Waals surface area (Å²) in [6, 6.07) is 4.11. The van der Waals surface area contributed by atoms with Crippen LogP contribution in [0.2, 0.25) is 0 Å². The summed E-state index contributed by atoms with van der Waals surface area (Å²) in [5.74, 6) is -1.79. The van der Waals surface area contributed by atoms with Gasteiger partial charge in [0.25, 0.3) is 0 Å². The molecular formula is C12H14F3NO4S. The molecule has 118 valence electrons. The van der Waals surface area contributed by atoms with E-state index in [1.807, 2.05) is 0 Å². The average Bonchev–Trinajstić information content (AvgIpc) is 2.36. The summed E-state index contributed by atoms with van der Waals surface area (Å²) in [6.07, 6.45) is -4.97. The predicted octanol–water partition coefficient (Wildman–Crippen LogP) is 1.94. The Balaban J connectivity index is 2.74. The average molecular weight is 325 g/mol. The van der Waals surface area contributed by atoms with Crippen LogP contribution in [-0.4, -0.2) is 36.6 Å². The molecule has 0 amide bonds. The molecule has 0 aliphatic heterocycles. The molecular weight excluding hydrogens is 311 g/mol. The summed E-state index contributed by atoms with van der Waals surface area (Å²) < 4.78 is 61.6. The fraction of sp³-hybridized carbons (Fsp3) is 0.417. The van der Waals surface area contributed by atoms with E-state index in [2.05, 4.69) is 0 Å². The van der Waals surface area contributed by atoms with Crippen LogP contribution in [0.15, 0.2) is 24.3 Å². The Morgan fingerprint density at radius 1 is 1.24 bits per heavy atom. The first-order valence-corrected chi connectivity index (χ1v) is 7.45. The second kappa shape index (κ2) is 6.44. The van der Waals surface area contributed by atoms with Gasteiger partial charge in [0, 0.05) is 13.6 Å². The van der Waals surface area contributed by atoms with Crippen LogP contribution in [0, 0.1) is 0 Å². The van der Waals surface area contributed by atoms with Gasteiger partial charge in [0.1, 0.15) is 0 Å². The predicted molar refractivity (Wildman–Crippen MR) is 69.0 cm³/mol. The lowest BCUT2D eigenvalue weighted by Crippen LogP contribution is -2.29. The second-order valence-electron chi connectivity index (χ2n) is 4.41. The topological polar surface area (TPSA) is 74.7 Å². The standard InChI is InChI=1S/C12H14F3NO4S/c1-16(21(19,20)7-6-11(17)18)8-9-2-4-10(5-3-9)12(13,14)15/h2-5H,6-8H2,1H3,(H,17,18). The number of hydrogen-bond donors (Lipinski definition) is 1. The number of benzene rings is 1. The summed E-state index contributed by atoms with van der Waals surface area (Å²) in [7, 11) is -2.52. The zero-order valence-electron chi connectivity index (χ0n) is 11.1. The van der Waals surface area contributed by atoms with Crippen molar-refractivity contribution in [2.24, 2.45) is 0 Å². The van der Waals surface area contributed by atoms with Gasteiger partial charge in [-0.05, 0) is 17.7 Å². The maximum atomic E-state index is 12.4. The van der Waals surface area contributed by atoms with E-state index in [4.69, 9.17) is 5.11 Å². The minimum atomic E-state index is -4.45. The SMILES string of the molecule is CN(Cc1ccc(C(F)(F)F)cc1)S(=O)(=O)CCC(=O)O. The van der Waals surface area contributed by atoms with Crippen molar-refractivity contribution < 1.29 is 31.5 Å².